The van der Waals surface area contributed by atoms with Gasteiger partial charge in [-0.15, -0.1) is 0 Å². The zero-order valence-corrected chi connectivity index (χ0v) is 6.45. The van der Waals surface area contributed by atoms with Crippen LogP contribution < -0.4 is 0 Å². The Balaban J connectivity index is 2.13. The molecule has 11 heavy (non-hydrogen) atoms. The van der Waals surface area contributed by atoms with Crippen LogP contribution in [0.15, 0.2) is 0 Å². The molecule has 1 aliphatic rings. The van der Waals surface area contributed by atoms with Crippen LogP contribution in [0.2, 0.25) is 0 Å². The maximum Gasteiger partial charge on any atom is 0.305 e. The number of carbonyl (C=O) groups excluding carboxylic acids is 2. The van der Waals surface area contributed by atoms with Crippen molar-refractivity contribution in [2.75, 3.05) is 20.2 Å². The standard InChI is InChI=1S/C7H11NO3/c1-11-7(10)2-6-3-8(4-6)5-9/h5-6H,2-4H2,1H3. The van der Waals surface area contributed by atoms with Crippen LogP contribution in [0.4, 0.5) is 0 Å². The molecule has 1 amide bonds. The number of likely N-dealkylation sites (tertiary alicyclic amines) is 1. The molecule has 0 aromatic carbocycles. The molecular formula is C7H11NO3. The van der Waals surface area contributed by atoms with Crippen molar-refractivity contribution in [2.24, 2.45) is 5.92 Å². The summed E-state index contributed by atoms with van der Waals surface area (Å²) in [5, 5.41) is 0. The van der Waals surface area contributed by atoms with Gasteiger partial charge in [-0.25, -0.2) is 0 Å². The molecule has 1 rings (SSSR count). The fourth-order valence-corrected chi connectivity index (χ4v) is 1.14. The molecule has 0 N–H and O–H groups in total. The summed E-state index contributed by atoms with van der Waals surface area (Å²) in [5.41, 5.74) is 0. The molecule has 1 saturated heterocycles. The van der Waals surface area contributed by atoms with Crippen LogP contribution in [0.3, 0.4) is 0 Å². The van der Waals surface area contributed by atoms with Crippen molar-refractivity contribution in [1.82, 2.24) is 4.90 Å². The highest BCUT2D eigenvalue weighted by Crippen LogP contribution is 2.16. The van der Waals surface area contributed by atoms with Gasteiger partial charge in [-0.05, 0) is 0 Å². The van der Waals surface area contributed by atoms with Crippen LogP contribution in [-0.2, 0) is 14.3 Å². The minimum Gasteiger partial charge on any atom is -0.469 e. The van der Waals surface area contributed by atoms with Crippen LogP contribution >= 0.6 is 0 Å². The first-order chi connectivity index (χ1) is 5.26. The monoisotopic (exact) mass is 157 g/mol. The van der Waals surface area contributed by atoms with Crippen molar-refractivity contribution in [3.05, 3.63) is 0 Å². The highest BCUT2D eigenvalue weighted by molar-refractivity contribution is 5.69. The molecule has 0 spiro atoms. The number of amides is 1. The molecule has 0 atom stereocenters. The van der Waals surface area contributed by atoms with Crippen LogP contribution in [-0.4, -0.2) is 37.5 Å². The first kappa shape index (κ1) is 8.04. The van der Waals surface area contributed by atoms with E-state index >= 15 is 0 Å². The zero-order chi connectivity index (χ0) is 8.27. The molecule has 1 heterocycles. The van der Waals surface area contributed by atoms with Gasteiger partial charge in [0, 0.05) is 19.0 Å². The average molecular weight is 157 g/mol. The summed E-state index contributed by atoms with van der Waals surface area (Å²) in [5.74, 6) is 0.119. The Morgan fingerprint density at radius 1 is 1.73 bits per heavy atom. The number of esters is 1. The van der Waals surface area contributed by atoms with Gasteiger partial charge in [0.25, 0.3) is 0 Å². The third-order valence-corrected chi connectivity index (χ3v) is 1.82. The zero-order valence-electron chi connectivity index (χ0n) is 6.45. The second-order valence-electron chi connectivity index (χ2n) is 2.71. The summed E-state index contributed by atoms with van der Waals surface area (Å²) >= 11 is 0. The van der Waals surface area contributed by atoms with Crippen molar-refractivity contribution in [1.29, 1.82) is 0 Å². The molecule has 0 unspecified atom stereocenters. The third-order valence-electron chi connectivity index (χ3n) is 1.82. The van der Waals surface area contributed by atoms with Crippen molar-refractivity contribution in [3.8, 4) is 0 Å². The van der Waals surface area contributed by atoms with Crippen molar-refractivity contribution >= 4 is 12.4 Å². The molecule has 1 aliphatic heterocycles. The predicted octanol–water partition coefficient (Wildman–Crippen LogP) is -0.362. The molecule has 0 aliphatic carbocycles. The number of methoxy groups -OCH3 is 1. The number of hydrogen-bond donors (Lipinski definition) is 0. The maximum absolute atomic E-state index is 10.7. The lowest BCUT2D eigenvalue weighted by atomic mass is 9.97. The average Bonchev–Trinajstić information content (AvgIpc) is 1.95. The first-order valence-corrected chi connectivity index (χ1v) is 3.52. The fourth-order valence-electron chi connectivity index (χ4n) is 1.14. The fraction of sp³-hybridized carbons (Fsp3) is 0.714. The summed E-state index contributed by atoms with van der Waals surface area (Å²) in [6.07, 6.45) is 1.23. The Morgan fingerprint density at radius 3 is 2.82 bits per heavy atom. The van der Waals surface area contributed by atoms with Gasteiger partial charge in [-0.3, -0.25) is 9.59 Å². The number of hydrogen-bond acceptors (Lipinski definition) is 3. The quantitative estimate of drug-likeness (QED) is 0.415. The second kappa shape index (κ2) is 3.37. The molecule has 0 aromatic heterocycles. The molecule has 0 saturated carbocycles. The van der Waals surface area contributed by atoms with E-state index in [0.717, 1.165) is 6.41 Å². The van der Waals surface area contributed by atoms with E-state index in [2.05, 4.69) is 4.74 Å². The van der Waals surface area contributed by atoms with Gasteiger partial charge in [0.15, 0.2) is 0 Å². The summed E-state index contributed by atoms with van der Waals surface area (Å²) in [6, 6.07) is 0. The van der Waals surface area contributed by atoms with Crippen LogP contribution in [0, 0.1) is 5.92 Å². The highest BCUT2D eigenvalue weighted by atomic mass is 16.5. The lowest BCUT2D eigenvalue weighted by molar-refractivity contribution is -0.144. The SMILES string of the molecule is COC(=O)CC1CN(C=O)C1. The smallest absolute Gasteiger partial charge is 0.305 e. The topological polar surface area (TPSA) is 46.6 Å². The second-order valence-corrected chi connectivity index (χ2v) is 2.71. The predicted molar refractivity (Wildman–Crippen MR) is 37.8 cm³/mol. The van der Waals surface area contributed by atoms with Gasteiger partial charge in [0.2, 0.25) is 6.41 Å². The summed E-state index contributed by atoms with van der Waals surface area (Å²) in [6.45, 7) is 1.39. The van der Waals surface area contributed by atoms with E-state index in [1.165, 1.54) is 7.11 Å². The highest BCUT2D eigenvalue weighted by Gasteiger charge is 2.27. The molecule has 0 radical (unpaired) electrons. The number of ether oxygens (including phenoxy) is 1. The molecule has 0 aromatic rings. The van der Waals surface area contributed by atoms with E-state index in [1.54, 1.807) is 4.90 Å². The Labute approximate surface area is 65.1 Å². The number of rotatable bonds is 3. The van der Waals surface area contributed by atoms with Crippen LogP contribution in [0.5, 0.6) is 0 Å². The van der Waals surface area contributed by atoms with Gasteiger partial charge in [-0.1, -0.05) is 0 Å². The summed E-state index contributed by atoms with van der Waals surface area (Å²) in [7, 11) is 1.37. The largest absolute Gasteiger partial charge is 0.469 e. The van der Waals surface area contributed by atoms with Crippen molar-refractivity contribution < 1.29 is 14.3 Å². The number of carbonyl (C=O) groups is 2. The van der Waals surface area contributed by atoms with E-state index in [-0.39, 0.29) is 5.97 Å². The first-order valence-electron chi connectivity index (χ1n) is 3.52. The van der Waals surface area contributed by atoms with Crippen molar-refractivity contribution in [2.45, 2.75) is 6.42 Å². The summed E-state index contributed by atoms with van der Waals surface area (Å²) in [4.78, 5) is 22.4. The van der Waals surface area contributed by atoms with E-state index < -0.39 is 0 Å². The molecule has 1 fully saturated rings. The van der Waals surface area contributed by atoms with E-state index in [4.69, 9.17) is 0 Å². The van der Waals surface area contributed by atoms with E-state index in [1.807, 2.05) is 0 Å². The van der Waals surface area contributed by atoms with Crippen molar-refractivity contribution in [3.63, 3.8) is 0 Å². The van der Waals surface area contributed by atoms with Gasteiger partial charge in [-0.2, -0.15) is 0 Å². The summed E-state index contributed by atoms with van der Waals surface area (Å²) < 4.78 is 4.48. The van der Waals surface area contributed by atoms with Gasteiger partial charge < -0.3 is 9.64 Å². The van der Waals surface area contributed by atoms with Gasteiger partial charge in [0.1, 0.15) is 0 Å². The molecule has 0 bridgehead atoms. The van der Waals surface area contributed by atoms with E-state index in [0.29, 0.717) is 25.4 Å². The minimum absolute atomic E-state index is 0.194. The third kappa shape index (κ3) is 1.93. The normalized spacial score (nSPS) is 17.4. The lowest BCUT2D eigenvalue weighted by Gasteiger charge is -2.35. The molecule has 4 heteroatoms. The Morgan fingerprint density at radius 2 is 2.36 bits per heavy atom. The lowest BCUT2D eigenvalue weighted by Crippen LogP contribution is -2.46. The maximum atomic E-state index is 10.7. The molecular weight excluding hydrogens is 146 g/mol. The Hall–Kier alpha value is -1.06. The molecule has 4 nitrogen and oxygen atoms in total. The van der Waals surface area contributed by atoms with Crippen LogP contribution in [0.1, 0.15) is 6.42 Å². The Bertz CT molecular complexity index is 163. The van der Waals surface area contributed by atoms with Gasteiger partial charge in [0.05, 0.1) is 13.5 Å². The van der Waals surface area contributed by atoms with E-state index in [9.17, 15) is 9.59 Å². The molecule has 62 valence electrons. The Kier molecular flexibility index (Phi) is 2.46. The van der Waals surface area contributed by atoms with Crippen LogP contribution in [0.25, 0.3) is 0 Å². The van der Waals surface area contributed by atoms with Gasteiger partial charge >= 0.3 is 5.97 Å². The minimum atomic E-state index is -0.194. The number of nitrogens with zero attached hydrogens (tertiary/aromatic N) is 1.